The van der Waals surface area contributed by atoms with Crippen LogP contribution in [0.25, 0.3) is 0 Å². The van der Waals surface area contributed by atoms with Crippen LogP contribution >= 0.6 is 0 Å². The number of carbonyl (C=O) groups excluding carboxylic acids is 1. The van der Waals surface area contributed by atoms with Crippen molar-refractivity contribution < 1.29 is 14.3 Å². The second-order valence-electron chi connectivity index (χ2n) is 6.09. The van der Waals surface area contributed by atoms with Crippen molar-refractivity contribution in [3.05, 3.63) is 66.2 Å². The van der Waals surface area contributed by atoms with Gasteiger partial charge >= 0.3 is 6.09 Å². The quantitative estimate of drug-likeness (QED) is 0.878. The van der Waals surface area contributed by atoms with Crippen LogP contribution < -0.4 is 10.1 Å². The number of amides is 1. The average Bonchev–Trinajstić information content (AvgIpc) is 2.68. The molecule has 0 spiro atoms. The number of para-hydroxylation sites is 1. The monoisotopic (exact) mass is 340 g/mol. The Balaban J connectivity index is 1.40. The smallest absolute Gasteiger partial charge is 0.410 e. The van der Waals surface area contributed by atoms with Crippen molar-refractivity contribution in [2.45, 2.75) is 19.1 Å². The van der Waals surface area contributed by atoms with Gasteiger partial charge in [0.1, 0.15) is 12.4 Å². The van der Waals surface area contributed by atoms with Gasteiger partial charge in [-0.2, -0.15) is 0 Å². The van der Waals surface area contributed by atoms with Crippen LogP contribution in [0.5, 0.6) is 5.75 Å². The van der Waals surface area contributed by atoms with Gasteiger partial charge in [-0.15, -0.1) is 0 Å². The van der Waals surface area contributed by atoms with E-state index in [1.165, 1.54) is 0 Å². The van der Waals surface area contributed by atoms with Gasteiger partial charge in [0.05, 0.1) is 6.61 Å². The van der Waals surface area contributed by atoms with Crippen LogP contribution in [0.3, 0.4) is 0 Å². The minimum Gasteiger partial charge on any atom is -0.494 e. The molecule has 0 aliphatic carbocycles. The molecule has 0 unspecified atom stereocenters. The minimum absolute atomic E-state index is 0.224. The predicted octanol–water partition coefficient (Wildman–Crippen LogP) is 3.07. The molecule has 5 nitrogen and oxygen atoms in total. The molecular weight excluding hydrogens is 316 g/mol. The number of rotatable bonds is 6. The van der Waals surface area contributed by atoms with Gasteiger partial charge in [-0.05, 0) is 24.1 Å². The fourth-order valence-electron chi connectivity index (χ4n) is 2.83. The Morgan fingerprint density at radius 3 is 2.56 bits per heavy atom. The summed E-state index contributed by atoms with van der Waals surface area (Å²) in [5, 5.41) is 3.43. The normalized spacial score (nSPS) is 17.1. The topological polar surface area (TPSA) is 50.8 Å². The van der Waals surface area contributed by atoms with Crippen molar-refractivity contribution >= 4 is 6.09 Å². The van der Waals surface area contributed by atoms with E-state index in [2.05, 4.69) is 5.32 Å². The van der Waals surface area contributed by atoms with E-state index in [4.69, 9.17) is 9.47 Å². The molecule has 1 saturated heterocycles. The first-order valence-electron chi connectivity index (χ1n) is 8.68. The Kier molecular flexibility index (Phi) is 6.29. The maximum absolute atomic E-state index is 12.3. The summed E-state index contributed by atoms with van der Waals surface area (Å²) in [6, 6.07) is 19.7. The lowest BCUT2D eigenvalue weighted by atomic mass is 10.1. The summed E-state index contributed by atoms with van der Waals surface area (Å²) >= 11 is 0. The van der Waals surface area contributed by atoms with Crippen LogP contribution in [-0.2, 0) is 11.3 Å². The van der Waals surface area contributed by atoms with Gasteiger partial charge in [0.15, 0.2) is 0 Å². The van der Waals surface area contributed by atoms with E-state index in [0.29, 0.717) is 26.3 Å². The Hall–Kier alpha value is -2.53. The summed E-state index contributed by atoms with van der Waals surface area (Å²) < 4.78 is 11.2. The third-order valence-corrected chi connectivity index (χ3v) is 4.20. The molecule has 2 aromatic rings. The van der Waals surface area contributed by atoms with Gasteiger partial charge in [0.25, 0.3) is 0 Å². The van der Waals surface area contributed by atoms with Crippen LogP contribution in [0.4, 0.5) is 4.79 Å². The summed E-state index contributed by atoms with van der Waals surface area (Å²) in [5.74, 6) is 0.873. The maximum atomic E-state index is 12.3. The molecule has 1 aliphatic rings. The standard InChI is InChI=1S/C20H24N2O3/c23-20(25-16-17-7-3-1-4-8-17)22-13-12-21-18(15-22)11-14-24-19-9-5-2-6-10-19/h1-10,18,21H,11-16H2/t18-/m0/s1. The molecule has 1 amide bonds. The fourth-order valence-corrected chi connectivity index (χ4v) is 2.83. The Morgan fingerprint density at radius 2 is 1.80 bits per heavy atom. The van der Waals surface area contributed by atoms with Gasteiger partial charge < -0.3 is 19.7 Å². The second kappa shape index (κ2) is 9.08. The fraction of sp³-hybridized carbons (Fsp3) is 0.350. The SMILES string of the molecule is O=C(OCc1ccccc1)N1CCN[C@@H](CCOc2ccccc2)C1. The van der Waals surface area contributed by atoms with Crippen molar-refractivity contribution in [1.82, 2.24) is 10.2 Å². The van der Waals surface area contributed by atoms with E-state index in [0.717, 1.165) is 24.3 Å². The Bertz CT molecular complexity index is 649. The number of hydrogen-bond donors (Lipinski definition) is 1. The van der Waals surface area contributed by atoms with Crippen LogP contribution in [-0.4, -0.2) is 43.3 Å². The third kappa shape index (κ3) is 5.50. The van der Waals surface area contributed by atoms with Gasteiger partial charge in [0.2, 0.25) is 0 Å². The lowest BCUT2D eigenvalue weighted by molar-refractivity contribution is 0.0827. The average molecular weight is 340 g/mol. The highest BCUT2D eigenvalue weighted by molar-refractivity contribution is 5.67. The van der Waals surface area contributed by atoms with Crippen molar-refractivity contribution in [2.24, 2.45) is 0 Å². The minimum atomic E-state index is -0.251. The molecule has 25 heavy (non-hydrogen) atoms. The van der Waals surface area contributed by atoms with Crippen molar-refractivity contribution in [1.29, 1.82) is 0 Å². The van der Waals surface area contributed by atoms with Crippen LogP contribution in [0.1, 0.15) is 12.0 Å². The summed E-state index contributed by atoms with van der Waals surface area (Å²) in [5.41, 5.74) is 0.999. The third-order valence-electron chi connectivity index (χ3n) is 4.20. The number of ether oxygens (including phenoxy) is 2. The highest BCUT2D eigenvalue weighted by Crippen LogP contribution is 2.11. The van der Waals surface area contributed by atoms with E-state index in [1.54, 1.807) is 4.90 Å². The van der Waals surface area contributed by atoms with Crippen LogP contribution in [0.2, 0.25) is 0 Å². The van der Waals surface area contributed by atoms with Crippen LogP contribution in [0, 0.1) is 0 Å². The first-order valence-corrected chi connectivity index (χ1v) is 8.68. The zero-order valence-corrected chi connectivity index (χ0v) is 14.3. The summed E-state index contributed by atoms with van der Waals surface area (Å²) in [7, 11) is 0. The summed E-state index contributed by atoms with van der Waals surface area (Å²) in [6.07, 6.45) is 0.594. The van der Waals surface area contributed by atoms with Crippen molar-refractivity contribution in [2.75, 3.05) is 26.2 Å². The highest BCUT2D eigenvalue weighted by Gasteiger charge is 2.24. The number of nitrogens with zero attached hydrogens (tertiary/aromatic N) is 1. The highest BCUT2D eigenvalue weighted by atomic mass is 16.6. The molecule has 1 fully saturated rings. The number of nitrogens with one attached hydrogen (secondary N) is 1. The maximum Gasteiger partial charge on any atom is 0.410 e. The molecule has 1 atom stereocenters. The van der Waals surface area contributed by atoms with Gasteiger partial charge in [-0.3, -0.25) is 0 Å². The van der Waals surface area contributed by atoms with Crippen LogP contribution in [0.15, 0.2) is 60.7 Å². The van der Waals surface area contributed by atoms with Crippen molar-refractivity contribution in [3.63, 3.8) is 0 Å². The van der Waals surface area contributed by atoms with E-state index in [1.807, 2.05) is 60.7 Å². The Morgan fingerprint density at radius 1 is 1.08 bits per heavy atom. The van der Waals surface area contributed by atoms with E-state index in [9.17, 15) is 4.79 Å². The molecule has 132 valence electrons. The zero-order valence-electron chi connectivity index (χ0n) is 14.3. The lowest BCUT2D eigenvalue weighted by Gasteiger charge is -2.33. The molecule has 5 heteroatoms. The summed E-state index contributed by atoms with van der Waals surface area (Å²) in [6.45, 7) is 3.02. The molecule has 0 radical (unpaired) electrons. The predicted molar refractivity (Wildman–Crippen MR) is 96.5 cm³/mol. The molecular formula is C20H24N2O3. The van der Waals surface area contributed by atoms with Crippen molar-refractivity contribution in [3.8, 4) is 5.75 Å². The lowest BCUT2D eigenvalue weighted by Crippen LogP contribution is -2.53. The molecule has 2 aromatic carbocycles. The Labute approximate surface area is 148 Å². The number of carbonyl (C=O) groups is 1. The molecule has 1 aliphatic heterocycles. The van der Waals surface area contributed by atoms with Gasteiger partial charge in [0, 0.05) is 25.7 Å². The zero-order chi connectivity index (χ0) is 17.3. The first kappa shape index (κ1) is 17.3. The van der Waals surface area contributed by atoms with E-state index in [-0.39, 0.29) is 12.1 Å². The van der Waals surface area contributed by atoms with Gasteiger partial charge in [-0.25, -0.2) is 4.79 Å². The molecule has 0 saturated carbocycles. The molecule has 0 bridgehead atoms. The molecule has 1 N–H and O–H groups in total. The summed E-state index contributed by atoms with van der Waals surface area (Å²) in [4.78, 5) is 14.0. The molecule has 3 rings (SSSR count). The second-order valence-corrected chi connectivity index (χ2v) is 6.09. The number of piperazine rings is 1. The largest absolute Gasteiger partial charge is 0.494 e. The number of benzene rings is 2. The van der Waals surface area contributed by atoms with E-state index >= 15 is 0 Å². The first-order chi connectivity index (χ1) is 12.3. The molecule has 0 aromatic heterocycles. The molecule has 1 heterocycles. The van der Waals surface area contributed by atoms with E-state index < -0.39 is 0 Å². The number of hydrogen-bond acceptors (Lipinski definition) is 4. The van der Waals surface area contributed by atoms with Gasteiger partial charge in [-0.1, -0.05) is 48.5 Å².